The number of rotatable bonds is 6. The van der Waals surface area contributed by atoms with E-state index in [1.807, 2.05) is 0 Å². The van der Waals surface area contributed by atoms with Crippen molar-refractivity contribution in [1.29, 1.82) is 0 Å². The summed E-state index contributed by atoms with van der Waals surface area (Å²) in [6, 6.07) is 0. The summed E-state index contributed by atoms with van der Waals surface area (Å²) in [6.45, 7) is 3.40. The van der Waals surface area contributed by atoms with Crippen LogP contribution in [0.3, 0.4) is 0 Å². The lowest BCUT2D eigenvalue weighted by molar-refractivity contribution is -0.144. The van der Waals surface area contributed by atoms with Gasteiger partial charge in [-0.05, 0) is 19.1 Å². The highest BCUT2D eigenvalue weighted by Crippen LogP contribution is 2.20. The first-order chi connectivity index (χ1) is 9.40. The maximum absolute atomic E-state index is 12.2. The summed E-state index contributed by atoms with van der Waals surface area (Å²) in [4.78, 5) is 31.5. The molecule has 0 saturated carbocycles. The van der Waals surface area contributed by atoms with Gasteiger partial charge >= 0.3 is 5.97 Å². The Bertz CT molecular complexity index is 521. The molecule has 8 heteroatoms. The molecule has 0 unspecified atom stereocenters. The summed E-state index contributed by atoms with van der Waals surface area (Å²) >= 11 is 7.17. The minimum atomic E-state index is -1.31. The minimum Gasteiger partial charge on any atom is -0.480 e. The number of carboxylic acid groups (broad SMARTS) is 1. The fourth-order valence-corrected chi connectivity index (χ4v) is 2.19. The zero-order valence-corrected chi connectivity index (χ0v) is 13.0. The van der Waals surface area contributed by atoms with Crippen LogP contribution in [0.2, 0.25) is 5.02 Å². The molecular weight excluding hydrogens is 302 g/mol. The van der Waals surface area contributed by atoms with Gasteiger partial charge in [0.1, 0.15) is 5.54 Å². The first-order valence-electron chi connectivity index (χ1n) is 6.02. The van der Waals surface area contributed by atoms with Crippen molar-refractivity contribution >= 4 is 35.2 Å². The van der Waals surface area contributed by atoms with E-state index in [1.165, 1.54) is 18.0 Å². The zero-order valence-electron chi connectivity index (χ0n) is 11.4. The number of carboxylic acids is 1. The van der Waals surface area contributed by atoms with Crippen LogP contribution in [0.1, 0.15) is 37.2 Å². The molecule has 1 rings (SSSR count). The summed E-state index contributed by atoms with van der Waals surface area (Å²) in [5.74, 6) is -1.69. The van der Waals surface area contributed by atoms with Crippen LogP contribution in [0, 0.1) is 0 Å². The van der Waals surface area contributed by atoms with Crippen LogP contribution in [-0.2, 0) is 4.79 Å². The summed E-state index contributed by atoms with van der Waals surface area (Å²) < 4.78 is 0. The molecule has 0 aliphatic heterocycles. The highest BCUT2D eigenvalue weighted by atomic mass is 35.5. The Kier molecular flexibility index (Phi) is 5.76. The molecule has 0 radical (unpaired) electrons. The molecule has 0 saturated heterocycles. The fraction of sp³-hybridized carbons (Fsp3) is 0.500. The SMILES string of the molecule is CCC(CC)(NC(=O)c1nc(SC)ncc1Cl)C(=O)O. The Balaban J connectivity index is 3.09. The van der Waals surface area contributed by atoms with Crippen LogP contribution in [0.4, 0.5) is 0 Å². The molecule has 0 atom stereocenters. The van der Waals surface area contributed by atoms with Crippen LogP contribution in [0.15, 0.2) is 11.4 Å². The molecule has 2 N–H and O–H groups in total. The maximum atomic E-state index is 12.2. The second-order valence-corrected chi connectivity index (χ2v) is 5.28. The van der Waals surface area contributed by atoms with E-state index in [0.29, 0.717) is 5.16 Å². The van der Waals surface area contributed by atoms with E-state index in [4.69, 9.17) is 11.6 Å². The van der Waals surface area contributed by atoms with Crippen LogP contribution in [-0.4, -0.2) is 38.7 Å². The van der Waals surface area contributed by atoms with Gasteiger partial charge in [-0.2, -0.15) is 0 Å². The number of amides is 1. The number of hydrogen-bond donors (Lipinski definition) is 2. The number of aromatic nitrogens is 2. The van der Waals surface area contributed by atoms with Gasteiger partial charge < -0.3 is 10.4 Å². The van der Waals surface area contributed by atoms with Crippen molar-refractivity contribution in [2.75, 3.05) is 6.26 Å². The van der Waals surface area contributed by atoms with Gasteiger partial charge in [0.05, 0.1) is 11.2 Å². The van der Waals surface area contributed by atoms with E-state index in [2.05, 4.69) is 15.3 Å². The standard InChI is InChI=1S/C12H16ClN3O3S/c1-4-12(5-2,10(18)19)16-9(17)8-7(13)6-14-11(15-8)20-3/h6H,4-5H2,1-3H3,(H,16,17)(H,18,19). The molecule has 0 aliphatic rings. The molecular formula is C12H16ClN3O3S. The fourth-order valence-electron chi connectivity index (χ4n) is 1.67. The number of aliphatic carboxylic acids is 1. The predicted octanol–water partition coefficient (Wildman–Crippen LogP) is 2.23. The number of thioether (sulfide) groups is 1. The molecule has 20 heavy (non-hydrogen) atoms. The first-order valence-corrected chi connectivity index (χ1v) is 7.62. The average molecular weight is 318 g/mol. The van der Waals surface area contributed by atoms with Crippen molar-refractivity contribution in [3.8, 4) is 0 Å². The van der Waals surface area contributed by atoms with Crippen molar-refractivity contribution in [1.82, 2.24) is 15.3 Å². The number of carbonyl (C=O) groups is 2. The molecule has 0 spiro atoms. The van der Waals surface area contributed by atoms with Crippen molar-refractivity contribution in [3.63, 3.8) is 0 Å². The number of nitrogens with one attached hydrogen (secondary N) is 1. The topological polar surface area (TPSA) is 92.2 Å². The molecule has 1 heterocycles. The predicted molar refractivity (Wildman–Crippen MR) is 77.2 cm³/mol. The van der Waals surface area contributed by atoms with Gasteiger partial charge in [0.2, 0.25) is 0 Å². The summed E-state index contributed by atoms with van der Waals surface area (Å²) in [7, 11) is 0. The Morgan fingerprint density at radius 3 is 2.50 bits per heavy atom. The molecule has 0 fully saturated rings. The average Bonchev–Trinajstić information content (AvgIpc) is 2.44. The number of carbonyl (C=O) groups excluding carboxylic acids is 1. The molecule has 6 nitrogen and oxygen atoms in total. The van der Waals surface area contributed by atoms with Gasteiger partial charge in [-0.3, -0.25) is 4.79 Å². The second kappa shape index (κ2) is 6.90. The Labute approximate surface area is 126 Å². The lowest BCUT2D eigenvalue weighted by Crippen LogP contribution is -2.54. The highest BCUT2D eigenvalue weighted by Gasteiger charge is 2.37. The molecule has 110 valence electrons. The third-order valence-electron chi connectivity index (χ3n) is 3.09. The van der Waals surface area contributed by atoms with E-state index in [1.54, 1.807) is 20.1 Å². The second-order valence-electron chi connectivity index (χ2n) is 4.10. The Hall–Kier alpha value is -1.34. The van der Waals surface area contributed by atoms with Crippen molar-refractivity contribution in [3.05, 3.63) is 16.9 Å². The maximum Gasteiger partial charge on any atom is 0.329 e. The minimum absolute atomic E-state index is 0.0152. The molecule has 0 aromatic carbocycles. The number of halogens is 1. The van der Waals surface area contributed by atoms with Gasteiger partial charge in [-0.25, -0.2) is 14.8 Å². The lowest BCUT2D eigenvalue weighted by Gasteiger charge is -2.27. The smallest absolute Gasteiger partial charge is 0.329 e. The Morgan fingerprint density at radius 2 is 2.05 bits per heavy atom. The zero-order chi connectivity index (χ0) is 15.3. The van der Waals surface area contributed by atoms with E-state index in [9.17, 15) is 14.7 Å². The highest BCUT2D eigenvalue weighted by molar-refractivity contribution is 7.98. The number of hydrogen-bond acceptors (Lipinski definition) is 5. The summed E-state index contributed by atoms with van der Waals surface area (Å²) in [5.41, 5.74) is -1.33. The van der Waals surface area contributed by atoms with Crippen molar-refractivity contribution < 1.29 is 14.7 Å². The molecule has 1 aromatic rings. The largest absolute Gasteiger partial charge is 0.480 e. The van der Waals surface area contributed by atoms with Gasteiger partial charge in [0.15, 0.2) is 10.9 Å². The monoisotopic (exact) mass is 317 g/mol. The molecule has 1 amide bonds. The third kappa shape index (κ3) is 3.40. The third-order valence-corrected chi connectivity index (χ3v) is 3.93. The molecule has 1 aromatic heterocycles. The van der Waals surface area contributed by atoms with E-state index in [0.717, 1.165) is 0 Å². The van der Waals surface area contributed by atoms with E-state index >= 15 is 0 Å². The quantitative estimate of drug-likeness (QED) is 0.617. The number of nitrogens with zero attached hydrogens (tertiary/aromatic N) is 2. The molecule has 0 bridgehead atoms. The van der Waals surface area contributed by atoms with Crippen LogP contribution < -0.4 is 5.32 Å². The van der Waals surface area contributed by atoms with E-state index in [-0.39, 0.29) is 23.6 Å². The van der Waals surface area contributed by atoms with Gasteiger partial charge in [0, 0.05) is 0 Å². The lowest BCUT2D eigenvalue weighted by atomic mass is 9.93. The van der Waals surface area contributed by atoms with Gasteiger partial charge in [0.25, 0.3) is 5.91 Å². The normalized spacial score (nSPS) is 11.2. The summed E-state index contributed by atoms with van der Waals surface area (Å²) in [6.07, 6.45) is 3.63. The first kappa shape index (κ1) is 16.7. The van der Waals surface area contributed by atoms with Gasteiger partial charge in [-0.15, -0.1) is 0 Å². The molecule has 0 aliphatic carbocycles. The van der Waals surface area contributed by atoms with Crippen LogP contribution in [0.5, 0.6) is 0 Å². The van der Waals surface area contributed by atoms with Crippen LogP contribution in [0.25, 0.3) is 0 Å². The Morgan fingerprint density at radius 1 is 1.45 bits per heavy atom. The summed E-state index contributed by atoms with van der Waals surface area (Å²) in [5, 5.41) is 12.3. The van der Waals surface area contributed by atoms with E-state index < -0.39 is 17.4 Å². The van der Waals surface area contributed by atoms with Gasteiger partial charge in [-0.1, -0.05) is 37.2 Å². The van der Waals surface area contributed by atoms with Crippen LogP contribution >= 0.6 is 23.4 Å². The van der Waals surface area contributed by atoms with Crippen molar-refractivity contribution in [2.45, 2.75) is 37.4 Å². The van der Waals surface area contributed by atoms with Crippen molar-refractivity contribution in [2.24, 2.45) is 0 Å².